The zero-order valence-electron chi connectivity index (χ0n) is 7.28. The molecule has 3 atom stereocenters. The van der Waals surface area contributed by atoms with E-state index < -0.39 is 0 Å². The molecule has 70 valence electrons. The minimum absolute atomic E-state index is 0.202. The van der Waals surface area contributed by atoms with Crippen molar-refractivity contribution >= 4 is 22.1 Å². The summed E-state index contributed by atoms with van der Waals surface area (Å²) < 4.78 is 0. The van der Waals surface area contributed by atoms with Gasteiger partial charge < -0.3 is 10.2 Å². The molecule has 0 radical (unpaired) electrons. The van der Waals surface area contributed by atoms with E-state index in [9.17, 15) is 0 Å². The van der Waals surface area contributed by atoms with Gasteiger partial charge in [-0.3, -0.25) is 0 Å². The predicted octanol–water partition coefficient (Wildman–Crippen LogP) is 1.13. The summed E-state index contributed by atoms with van der Waals surface area (Å²) >= 11 is 3.42. The van der Waals surface area contributed by atoms with E-state index in [0.29, 0.717) is 0 Å². The lowest BCUT2D eigenvalue weighted by atomic mass is 10.4. The Bertz CT molecular complexity index is 277. The van der Waals surface area contributed by atoms with Gasteiger partial charge in [0.25, 0.3) is 0 Å². The highest BCUT2D eigenvalue weighted by Gasteiger charge is 2.45. The fraction of sp³-hybridized carbons (Fsp3) is 0.667. The van der Waals surface area contributed by atoms with Gasteiger partial charge in [0.05, 0.1) is 0 Å². The number of nitrogens with one attached hydrogen (secondary N) is 1. The van der Waals surface area contributed by atoms with Gasteiger partial charge in [-0.2, -0.15) is 0 Å². The highest BCUT2D eigenvalue weighted by molar-refractivity contribution is 9.09. The van der Waals surface area contributed by atoms with E-state index in [2.05, 4.69) is 31.1 Å². The molecule has 2 aliphatic heterocycles. The van der Waals surface area contributed by atoms with Crippen molar-refractivity contribution in [2.45, 2.75) is 11.4 Å². The first-order valence-electron chi connectivity index (χ1n) is 4.72. The van der Waals surface area contributed by atoms with Crippen molar-refractivity contribution in [2.75, 3.05) is 13.1 Å². The van der Waals surface area contributed by atoms with Crippen LogP contribution >= 0.6 is 15.9 Å². The van der Waals surface area contributed by atoms with E-state index in [0.717, 1.165) is 17.7 Å². The van der Waals surface area contributed by atoms with Crippen LogP contribution in [0.4, 0.5) is 0 Å². The van der Waals surface area contributed by atoms with Gasteiger partial charge in [0, 0.05) is 25.5 Å². The Morgan fingerprint density at radius 2 is 2.23 bits per heavy atom. The number of rotatable bonds is 1. The molecule has 2 heterocycles. The van der Waals surface area contributed by atoms with Crippen LogP contribution in [-0.2, 0) is 0 Å². The third kappa shape index (κ3) is 1.37. The van der Waals surface area contributed by atoms with Crippen LogP contribution in [-0.4, -0.2) is 29.2 Å². The molecular weight excluding hydrogens is 230 g/mol. The van der Waals surface area contributed by atoms with Crippen molar-refractivity contribution in [3.8, 4) is 0 Å². The zero-order valence-corrected chi connectivity index (χ0v) is 8.87. The second-order valence-corrected chi connectivity index (χ2v) is 5.00. The number of hydrogen-bond donors (Lipinski definition) is 1. The Morgan fingerprint density at radius 1 is 1.46 bits per heavy atom. The average Bonchev–Trinajstić information content (AvgIpc) is 2.75. The van der Waals surface area contributed by atoms with Crippen molar-refractivity contribution in [1.29, 1.82) is 0 Å². The maximum absolute atomic E-state index is 4.40. The van der Waals surface area contributed by atoms with Gasteiger partial charge in [-0.15, -0.1) is 0 Å². The van der Waals surface area contributed by atoms with Crippen LogP contribution in [0.3, 0.4) is 0 Å². The highest BCUT2D eigenvalue weighted by Crippen LogP contribution is 2.46. The lowest BCUT2D eigenvalue weighted by Gasteiger charge is -2.23. The summed E-state index contributed by atoms with van der Waals surface area (Å²) in [4.78, 5) is 6.98. The third-order valence-corrected chi connectivity index (χ3v) is 3.51. The van der Waals surface area contributed by atoms with Crippen LogP contribution in [0.25, 0.3) is 0 Å². The Morgan fingerprint density at radius 3 is 2.85 bits per heavy atom. The monoisotopic (exact) mass is 241 g/mol. The van der Waals surface area contributed by atoms with Gasteiger partial charge >= 0.3 is 0 Å². The molecule has 13 heavy (non-hydrogen) atoms. The van der Waals surface area contributed by atoms with Gasteiger partial charge in [0.2, 0.25) is 0 Å². The molecule has 3 rings (SSSR count). The molecule has 1 saturated heterocycles. The largest absolute Gasteiger partial charge is 0.371 e. The quantitative estimate of drug-likeness (QED) is 0.551. The molecule has 3 unspecified atom stereocenters. The first-order valence-corrected chi connectivity index (χ1v) is 5.64. The maximum atomic E-state index is 4.40. The molecule has 0 spiro atoms. The van der Waals surface area contributed by atoms with Crippen molar-refractivity contribution in [3.05, 3.63) is 12.0 Å². The molecule has 1 N–H and O–H groups in total. The number of aliphatic imine (C=N–C) groups is 1. The molecule has 2 fully saturated rings. The van der Waals surface area contributed by atoms with Crippen molar-refractivity contribution in [3.63, 3.8) is 0 Å². The number of fused-ring (bicyclic) bond motifs is 1. The number of likely N-dealkylation sites (tertiary alicyclic amines) is 1. The molecule has 1 aliphatic carbocycles. The fourth-order valence-electron chi connectivity index (χ4n) is 2.13. The van der Waals surface area contributed by atoms with Crippen LogP contribution in [0, 0.1) is 11.8 Å². The van der Waals surface area contributed by atoms with E-state index in [1.807, 2.05) is 12.4 Å². The molecular formula is C9H12BrN3. The number of nitrogens with zero attached hydrogens (tertiary/aromatic N) is 2. The standard InChI is InChI=1S/C9H12BrN3/c10-8-2-12-9(3-11-8)13-4-6-1-7(6)5-13/h2-3,6-8,11H,1,4-5H2. The highest BCUT2D eigenvalue weighted by atomic mass is 79.9. The normalized spacial score (nSPS) is 41.2. The Kier molecular flexibility index (Phi) is 1.65. The summed E-state index contributed by atoms with van der Waals surface area (Å²) in [5.41, 5.74) is 0. The Labute approximate surface area is 86.0 Å². The lowest BCUT2D eigenvalue weighted by Crippen LogP contribution is -2.29. The van der Waals surface area contributed by atoms with Crippen LogP contribution in [0.1, 0.15) is 6.42 Å². The zero-order chi connectivity index (χ0) is 8.84. The van der Waals surface area contributed by atoms with E-state index in [1.54, 1.807) is 0 Å². The van der Waals surface area contributed by atoms with Crippen molar-refractivity contribution in [2.24, 2.45) is 16.8 Å². The SMILES string of the molecule is BrC1C=NC(N2CC3CC3C2)=CN1. The molecule has 4 heteroatoms. The third-order valence-electron chi connectivity index (χ3n) is 3.01. The number of piperidine rings is 1. The van der Waals surface area contributed by atoms with Gasteiger partial charge in [0.15, 0.2) is 0 Å². The molecule has 3 aliphatic rings. The van der Waals surface area contributed by atoms with Gasteiger partial charge in [-0.1, -0.05) is 15.9 Å². The summed E-state index contributed by atoms with van der Waals surface area (Å²) in [5, 5.41) is 3.20. The number of hydrogen-bond acceptors (Lipinski definition) is 3. The van der Waals surface area contributed by atoms with Gasteiger partial charge in [-0.25, -0.2) is 4.99 Å². The van der Waals surface area contributed by atoms with Crippen LogP contribution < -0.4 is 5.32 Å². The van der Waals surface area contributed by atoms with Gasteiger partial charge in [-0.05, 0) is 18.3 Å². The van der Waals surface area contributed by atoms with Crippen LogP contribution in [0.2, 0.25) is 0 Å². The van der Waals surface area contributed by atoms with Crippen LogP contribution in [0.5, 0.6) is 0 Å². The molecule has 3 nitrogen and oxygen atoms in total. The van der Waals surface area contributed by atoms with Crippen molar-refractivity contribution < 1.29 is 0 Å². The summed E-state index contributed by atoms with van der Waals surface area (Å²) in [5.74, 6) is 3.04. The van der Waals surface area contributed by atoms with Gasteiger partial charge in [0.1, 0.15) is 10.8 Å². The summed E-state index contributed by atoms with van der Waals surface area (Å²) in [6, 6.07) is 0. The molecule has 0 amide bonds. The predicted molar refractivity (Wildman–Crippen MR) is 55.6 cm³/mol. The minimum atomic E-state index is 0.202. The molecule has 0 aromatic carbocycles. The minimum Gasteiger partial charge on any atom is -0.371 e. The lowest BCUT2D eigenvalue weighted by molar-refractivity contribution is 0.374. The van der Waals surface area contributed by atoms with E-state index in [1.165, 1.54) is 19.5 Å². The topological polar surface area (TPSA) is 27.6 Å². The van der Waals surface area contributed by atoms with Crippen molar-refractivity contribution in [1.82, 2.24) is 10.2 Å². The summed E-state index contributed by atoms with van der Waals surface area (Å²) in [7, 11) is 0. The second kappa shape index (κ2) is 2.74. The first kappa shape index (κ1) is 7.85. The summed E-state index contributed by atoms with van der Waals surface area (Å²) in [6.45, 7) is 2.42. The smallest absolute Gasteiger partial charge is 0.144 e. The second-order valence-electron chi connectivity index (χ2n) is 4.01. The first-order chi connectivity index (χ1) is 6.33. The maximum Gasteiger partial charge on any atom is 0.144 e. The van der Waals surface area contributed by atoms with E-state index >= 15 is 0 Å². The molecule has 1 saturated carbocycles. The Hall–Kier alpha value is -0.510. The average molecular weight is 242 g/mol. The number of halogens is 1. The Balaban J connectivity index is 1.69. The summed E-state index contributed by atoms with van der Waals surface area (Å²) in [6.07, 6.45) is 5.35. The van der Waals surface area contributed by atoms with E-state index in [4.69, 9.17) is 0 Å². The molecule has 0 bridgehead atoms. The fourth-order valence-corrected chi connectivity index (χ4v) is 2.38. The van der Waals surface area contributed by atoms with Crippen LogP contribution in [0.15, 0.2) is 17.0 Å². The van der Waals surface area contributed by atoms with E-state index in [-0.39, 0.29) is 4.95 Å². The number of alkyl halides is 1. The molecule has 0 aromatic rings. The molecule has 0 aromatic heterocycles.